The number of unbranched alkanes of at least 4 members (excludes halogenated alkanes) is 1. The molecule has 2 heterocycles. The molecule has 0 radical (unpaired) electrons. The number of halogens is 1. The minimum absolute atomic E-state index is 0. The first-order valence-corrected chi connectivity index (χ1v) is 10.1. The lowest BCUT2D eigenvalue weighted by Crippen LogP contribution is -2.48. The van der Waals surface area contributed by atoms with E-state index in [0.29, 0.717) is 6.61 Å². The van der Waals surface area contributed by atoms with Crippen molar-refractivity contribution in [3.8, 4) is 5.75 Å². The van der Waals surface area contributed by atoms with E-state index in [1.807, 2.05) is 54.5 Å². The number of guanidine groups is 1. The maximum Gasteiger partial charge on any atom is 0.194 e. The van der Waals surface area contributed by atoms with Crippen molar-refractivity contribution in [2.24, 2.45) is 12.0 Å². The summed E-state index contributed by atoms with van der Waals surface area (Å²) in [7, 11) is 1.93. The van der Waals surface area contributed by atoms with Gasteiger partial charge in [0.1, 0.15) is 11.9 Å². The molecule has 7 nitrogen and oxygen atoms in total. The topological polar surface area (TPSA) is 63.9 Å². The summed E-state index contributed by atoms with van der Waals surface area (Å²) in [4.78, 5) is 7.10. The Labute approximate surface area is 190 Å². The van der Waals surface area contributed by atoms with Gasteiger partial charge >= 0.3 is 0 Å². The van der Waals surface area contributed by atoms with E-state index in [2.05, 4.69) is 22.2 Å². The third-order valence-corrected chi connectivity index (χ3v) is 4.62. The number of rotatable bonds is 8. The number of nitrogens with zero attached hydrogens (tertiary/aromatic N) is 4. The maximum atomic E-state index is 5.94. The van der Waals surface area contributed by atoms with Gasteiger partial charge in [0.2, 0.25) is 0 Å². The van der Waals surface area contributed by atoms with Crippen LogP contribution >= 0.6 is 24.0 Å². The van der Waals surface area contributed by atoms with E-state index in [4.69, 9.17) is 14.5 Å². The number of benzene rings is 1. The quantitative estimate of drug-likeness (QED) is 0.254. The van der Waals surface area contributed by atoms with Crippen molar-refractivity contribution in [3.63, 3.8) is 0 Å². The van der Waals surface area contributed by atoms with E-state index in [-0.39, 0.29) is 30.1 Å². The van der Waals surface area contributed by atoms with Crippen molar-refractivity contribution < 1.29 is 9.47 Å². The highest BCUT2D eigenvalue weighted by Gasteiger charge is 2.25. The number of morpholine rings is 1. The van der Waals surface area contributed by atoms with Crippen LogP contribution in [0.2, 0.25) is 0 Å². The highest BCUT2D eigenvalue weighted by atomic mass is 127. The van der Waals surface area contributed by atoms with E-state index in [9.17, 15) is 0 Å². The van der Waals surface area contributed by atoms with Crippen LogP contribution in [0, 0.1) is 0 Å². The molecular weight excluding hydrogens is 481 g/mol. The van der Waals surface area contributed by atoms with Gasteiger partial charge in [-0.05, 0) is 31.9 Å². The lowest BCUT2D eigenvalue weighted by atomic mass is 10.1. The van der Waals surface area contributed by atoms with E-state index in [0.717, 1.165) is 62.9 Å². The van der Waals surface area contributed by atoms with Crippen LogP contribution in [0.4, 0.5) is 0 Å². The molecule has 1 fully saturated rings. The van der Waals surface area contributed by atoms with Crippen LogP contribution in [0.15, 0.2) is 47.7 Å². The van der Waals surface area contributed by atoms with Crippen molar-refractivity contribution in [3.05, 3.63) is 48.3 Å². The normalized spacial score (nSPS) is 17.0. The SMILES string of the molecule is CCNC(=NCCCCOc1ccccc1)N1CCOC(c2cnn(C)c2)C1.I. The zero-order valence-electron chi connectivity index (χ0n) is 17.3. The average Bonchev–Trinajstić information content (AvgIpc) is 3.17. The van der Waals surface area contributed by atoms with Gasteiger partial charge in [0.25, 0.3) is 0 Å². The molecular formula is C21H32IN5O2. The summed E-state index contributed by atoms with van der Waals surface area (Å²) in [5.41, 5.74) is 1.11. The Morgan fingerprint density at radius 1 is 1.31 bits per heavy atom. The second kappa shape index (κ2) is 12.7. The number of aromatic nitrogens is 2. The molecule has 29 heavy (non-hydrogen) atoms. The van der Waals surface area contributed by atoms with Crippen molar-refractivity contribution in [2.45, 2.75) is 25.9 Å². The lowest BCUT2D eigenvalue weighted by Gasteiger charge is -2.34. The summed E-state index contributed by atoms with van der Waals surface area (Å²) < 4.78 is 13.5. The predicted octanol–water partition coefficient (Wildman–Crippen LogP) is 3.24. The molecule has 3 rings (SSSR count). The van der Waals surface area contributed by atoms with E-state index >= 15 is 0 Å². The molecule has 0 amide bonds. The molecule has 8 heteroatoms. The summed E-state index contributed by atoms with van der Waals surface area (Å²) in [6.07, 6.45) is 5.92. The van der Waals surface area contributed by atoms with Crippen LogP contribution in [0.3, 0.4) is 0 Å². The molecule has 1 aromatic heterocycles. The molecule has 0 spiro atoms. The summed E-state index contributed by atoms with van der Waals surface area (Å²) in [5.74, 6) is 1.89. The summed E-state index contributed by atoms with van der Waals surface area (Å²) >= 11 is 0. The smallest absolute Gasteiger partial charge is 0.194 e. The molecule has 1 aliphatic heterocycles. The summed E-state index contributed by atoms with van der Waals surface area (Å²) in [5, 5.41) is 7.67. The van der Waals surface area contributed by atoms with Gasteiger partial charge in [-0.15, -0.1) is 24.0 Å². The standard InChI is InChI=1S/C21H31N5O2.HI/c1-3-22-21(23-11-7-8-13-27-19-9-5-4-6-10-19)26-12-14-28-20(17-26)18-15-24-25(2)16-18;/h4-6,9-10,15-16,20H,3,7-8,11-14,17H2,1-2H3,(H,22,23);1H. The zero-order chi connectivity index (χ0) is 19.6. The molecule has 0 saturated carbocycles. The number of aliphatic imine (C=N–C) groups is 1. The largest absolute Gasteiger partial charge is 0.494 e. The monoisotopic (exact) mass is 513 g/mol. The Morgan fingerprint density at radius 2 is 2.14 bits per heavy atom. The average molecular weight is 513 g/mol. The van der Waals surface area contributed by atoms with Crippen LogP contribution in [0.1, 0.15) is 31.4 Å². The third-order valence-electron chi connectivity index (χ3n) is 4.62. The lowest BCUT2D eigenvalue weighted by molar-refractivity contribution is -0.00804. The Balaban J connectivity index is 0.00000300. The van der Waals surface area contributed by atoms with Gasteiger partial charge in [0.15, 0.2) is 5.96 Å². The molecule has 2 aromatic rings. The molecule has 0 bridgehead atoms. The predicted molar refractivity (Wildman–Crippen MR) is 126 cm³/mol. The zero-order valence-corrected chi connectivity index (χ0v) is 19.6. The molecule has 1 saturated heterocycles. The van der Waals surface area contributed by atoms with Crippen LogP contribution in [0.5, 0.6) is 5.75 Å². The van der Waals surface area contributed by atoms with Gasteiger partial charge in [0, 0.05) is 38.4 Å². The first-order chi connectivity index (χ1) is 13.8. The van der Waals surface area contributed by atoms with Gasteiger partial charge in [-0.3, -0.25) is 9.67 Å². The molecule has 0 aliphatic carbocycles. The van der Waals surface area contributed by atoms with Crippen molar-refractivity contribution in [2.75, 3.05) is 39.4 Å². The van der Waals surface area contributed by atoms with Crippen molar-refractivity contribution >= 4 is 29.9 Å². The Kier molecular flexibility index (Phi) is 10.3. The van der Waals surface area contributed by atoms with Crippen LogP contribution in [-0.4, -0.2) is 60.0 Å². The third kappa shape index (κ3) is 7.50. The van der Waals surface area contributed by atoms with E-state index < -0.39 is 0 Å². The minimum atomic E-state index is 0. The first kappa shape index (κ1) is 23.5. The van der Waals surface area contributed by atoms with E-state index in [1.54, 1.807) is 0 Å². The molecule has 1 unspecified atom stereocenters. The first-order valence-electron chi connectivity index (χ1n) is 10.1. The number of para-hydroxylation sites is 1. The molecule has 1 N–H and O–H groups in total. The van der Waals surface area contributed by atoms with Crippen molar-refractivity contribution in [1.82, 2.24) is 20.0 Å². The van der Waals surface area contributed by atoms with Gasteiger partial charge in [-0.25, -0.2) is 0 Å². The minimum Gasteiger partial charge on any atom is -0.494 e. The summed E-state index contributed by atoms with van der Waals surface area (Å²) in [6, 6.07) is 9.94. The number of hydrogen-bond acceptors (Lipinski definition) is 4. The Bertz CT molecular complexity index is 738. The Morgan fingerprint density at radius 3 is 2.86 bits per heavy atom. The number of nitrogens with one attached hydrogen (secondary N) is 1. The number of aryl methyl sites for hydroxylation is 1. The van der Waals surface area contributed by atoms with Gasteiger partial charge in [-0.2, -0.15) is 5.10 Å². The highest BCUT2D eigenvalue weighted by molar-refractivity contribution is 14.0. The van der Waals surface area contributed by atoms with Crippen LogP contribution in [-0.2, 0) is 11.8 Å². The molecule has 1 aromatic carbocycles. The fourth-order valence-electron chi connectivity index (χ4n) is 3.18. The second-order valence-electron chi connectivity index (χ2n) is 6.86. The van der Waals surface area contributed by atoms with Crippen LogP contribution < -0.4 is 10.1 Å². The molecule has 1 atom stereocenters. The van der Waals surface area contributed by atoms with Crippen molar-refractivity contribution in [1.29, 1.82) is 0 Å². The van der Waals surface area contributed by atoms with Gasteiger partial charge < -0.3 is 19.7 Å². The summed E-state index contributed by atoms with van der Waals surface area (Å²) in [6.45, 7) is 6.78. The Hall–Kier alpha value is -1.81. The fraction of sp³-hybridized carbons (Fsp3) is 0.524. The second-order valence-corrected chi connectivity index (χ2v) is 6.86. The van der Waals surface area contributed by atoms with Gasteiger partial charge in [0.05, 0.1) is 26.0 Å². The van der Waals surface area contributed by atoms with Gasteiger partial charge in [-0.1, -0.05) is 18.2 Å². The number of hydrogen-bond donors (Lipinski definition) is 1. The maximum absolute atomic E-state index is 5.94. The van der Waals surface area contributed by atoms with Crippen LogP contribution in [0.25, 0.3) is 0 Å². The fourth-order valence-corrected chi connectivity index (χ4v) is 3.18. The number of ether oxygens (including phenoxy) is 2. The van der Waals surface area contributed by atoms with E-state index in [1.165, 1.54) is 0 Å². The molecule has 160 valence electrons. The molecule has 1 aliphatic rings. The highest BCUT2D eigenvalue weighted by Crippen LogP contribution is 2.21.